The second-order valence-corrected chi connectivity index (χ2v) is 4.51. The van der Waals surface area contributed by atoms with Crippen LogP contribution in [0.1, 0.15) is 6.92 Å². The van der Waals surface area contributed by atoms with E-state index in [0.29, 0.717) is 5.52 Å². The third kappa shape index (κ3) is 2.27. The van der Waals surface area contributed by atoms with E-state index in [2.05, 4.69) is 9.97 Å². The van der Waals surface area contributed by atoms with Crippen LogP contribution in [0, 0.1) is 0 Å². The number of carbonyl (C=O) groups excluding carboxylic acids is 1. The summed E-state index contributed by atoms with van der Waals surface area (Å²) < 4.78 is 4.96. The van der Waals surface area contributed by atoms with E-state index in [-0.39, 0.29) is 32.9 Å². The monoisotopic (exact) mass is 282 g/mol. The Morgan fingerprint density at radius 3 is 2.71 bits per heavy atom. The van der Waals surface area contributed by atoms with Gasteiger partial charge in [0.15, 0.2) is 5.43 Å². The van der Waals surface area contributed by atoms with Crippen LogP contribution in [0.25, 0.3) is 21.7 Å². The zero-order valence-corrected chi connectivity index (χ0v) is 11.0. The second-order valence-electron chi connectivity index (χ2n) is 4.51. The average molecular weight is 282 g/mol. The number of carbonyl (C=O) groups is 1. The van der Waals surface area contributed by atoms with Gasteiger partial charge in [0.2, 0.25) is 0 Å². The minimum atomic E-state index is -0.484. The first-order chi connectivity index (χ1) is 10.1. The van der Waals surface area contributed by atoms with Gasteiger partial charge in [-0.15, -0.1) is 0 Å². The first-order valence-electron chi connectivity index (χ1n) is 6.19. The van der Waals surface area contributed by atoms with Crippen LogP contribution in [0.4, 0.5) is 0 Å². The predicted octanol–water partition coefficient (Wildman–Crippen LogP) is 1.36. The number of rotatable bonds is 1. The summed E-state index contributed by atoms with van der Waals surface area (Å²) in [5.41, 5.74) is -0.350. The lowest BCUT2D eigenvalue weighted by molar-refractivity contribution is -0.131. The van der Waals surface area contributed by atoms with Crippen LogP contribution in [-0.2, 0) is 4.79 Å². The van der Waals surface area contributed by atoms with Crippen molar-refractivity contribution in [3.63, 3.8) is 0 Å². The number of hydrogen-bond donors (Lipinski definition) is 1. The Morgan fingerprint density at radius 1 is 1.14 bits per heavy atom. The molecule has 6 heteroatoms. The molecule has 0 spiro atoms. The van der Waals surface area contributed by atoms with Crippen molar-refractivity contribution in [3.8, 4) is 5.75 Å². The fourth-order valence-electron chi connectivity index (χ4n) is 2.16. The van der Waals surface area contributed by atoms with Crippen LogP contribution in [0.3, 0.4) is 0 Å². The summed E-state index contributed by atoms with van der Waals surface area (Å²) in [5.74, 6) is -0.238. The first-order valence-corrected chi connectivity index (χ1v) is 6.19. The zero-order chi connectivity index (χ0) is 15.0. The van der Waals surface area contributed by atoms with Gasteiger partial charge in [-0.25, -0.2) is 0 Å². The summed E-state index contributed by atoms with van der Waals surface area (Å²) in [4.78, 5) is 42.2. The molecule has 0 radical (unpaired) electrons. The average Bonchev–Trinajstić information content (AvgIpc) is 2.56. The molecule has 1 aromatic carbocycles. The SMILES string of the molecule is CC(=O)Oc1ccc2[nH]c(=O)c3ccncc3c(=O)c2c1. The van der Waals surface area contributed by atoms with Crippen LogP contribution < -0.4 is 15.7 Å². The number of nitrogens with zero attached hydrogens (tertiary/aromatic N) is 1. The fraction of sp³-hybridized carbons (Fsp3) is 0.0667. The Balaban J connectivity index is 2.48. The predicted molar refractivity (Wildman–Crippen MR) is 77.4 cm³/mol. The van der Waals surface area contributed by atoms with Crippen molar-refractivity contribution in [1.29, 1.82) is 0 Å². The van der Waals surface area contributed by atoms with Gasteiger partial charge in [0.25, 0.3) is 5.56 Å². The molecule has 104 valence electrons. The smallest absolute Gasteiger partial charge is 0.308 e. The summed E-state index contributed by atoms with van der Waals surface area (Å²) >= 11 is 0. The van der Waals surface area contributed by atoms with Crippen molar-refractivity contribution in [1.82, 2.24) is 9.97 Å². The van der Waals surface area contributed by atoms with Gasteiger partial charge in [0, 0.05) is 24.7 Å². The van der Waals surface area contributed by atoms with E-state index in [1.54, 1.807) is 0 Å². The lowest BCUT2D eigenvalue weighted by Gasteiger charge is -2.00. The van der Waals surface area contributed by atoms with Gasteiger partial charge in [-0.05, 0) is 24.3 Å². The maximum atomic E-state index is 12.5. The van der Waals surface area contributed by atoms with E-state index < -0.39 is 5.97 Å². The molecule has 0 saturated heterocycles. The molecule has 3 rings (SSSR count). The van der Waals surface area contributed by atoms with Crippen LogP contribution in [0.15, 0.2) is 46.2 Å². The molecular formula is C15H10N2O4. The van der Waals surface area contributed by atoms with Crippen LogP contribution in [0.5, 0.6) is 5.75 Å². The minimum absolute atomic E-state index is 0.216. The van der Waals surface area contributed by atoms with Gasteiger partial charge in [-0.1, -0.05) is 0 Å². The third-order valence-electron chi connectivity index (χ3n) is 3.06. The Labute approximate surface area is 118 Å². The van der Waals surface area contributed by atoms with E-state index in [1.165, 1.54) is 43.6 Å². The van der Waals surface area contributed by atoms with E-state index in [9.17, 15) is 14.4 Å². The maximum absolute atomic E-state index is 12.5. The number of pyridine rings is 1. The van der Waals surface area contributed by atoms with Crippen LogP contribution >= 0.6 is 0 Å². The van der Waals surface area contributed by atoms with Crippen LogP contribution in [0.2, 0.25) is 0 Å². The molecule has 21 heavy (non-hydrogen) atoms. The van der Waals surface area contributed by atoms with E-state index >= 15 is 0 Å². The van der Waals surface area contributed by atoms with Gasteiger partial charge < -0.3 is 9.72 Å². The Morgan fingerprint density at radius 2 is 1.95 bits per heavy atom. The van der Waals surface area contributed by atoms with Crippen molar-refractivity contribution >= 4 is 27.6 Å². The van der Waals surface area contributed by atoms with Crippen molar-refractivity contribution in [2.75, 3.05) is 0 Å². The highest BCUT2D eigenvalue weighted by Crippen LogP contribution is 2.17. The lowest BCUT2D eigenvalue weighted by Crippen LogP contribution is -2.03. The van der Waals surface area contributed by atoms with Gasteiger partial charge in [0.1, 0.15) is 5.75 Å². The van der Waals surface area contributed by atoms with Gasteiger partial charge in [-0.2, -0.15) is 0 Å². The molecule has 6 nitrogen and oxygen atoms in total. The van der Waals surface area contributed by atoms with Gasteiger partial charge in [0.05, 0.1) is 16.3 Å². The number of aromatic nitrogens is 2. The normalized spacial score (nSPS) is 10.7. The molecule has 3 aromatic rings. The molecule has 0 atom stereocenters. The van der Waals surface area contributed by atoms with Gasteiger partial charge in [-0.3, -0.25) is 19.4 Å². The standard InChI is InChI=1S/C15H10N2O4/c1-8(18)21-9-2-3-13-11(6-9)14(19)12-7-16-5-4-10(12)15(20)17-13/h2-7H,1H3,(H,17,20). The number of ether oxygens (including phenoxy) is 1. The third-order valence-corrected chi connectivity index (χ3v) is 3.06. The molecule has 0 aliphatic heterocycles. The molecule has 0 aliphatic rings. The number of benzene rings is 1. The highest BCUT2D eigenvalue weighted by atomic mass is 16.5. The molecule has 2 heterocycles. The summed E-state index contributed by atoms with van der Waals surface area (Å²) in [5, 5.41) is 0.739. The Bertz CT molecular complexity index is 992. The number of esters is 1. The van der Waals surface area contributed by atoms with Crippen molar-refractivity contribution in [2.45, 2.75) is 6.92 Å². The highest BCUT2D eigenvalue weighted by molar-refractivity contribution is 5.90. The molecule has 0 bridgehead atoms. The van der Waals surface area contributed by atoms with Gasteiger partial charge >= 0.3 is 5.97 Å². The summed E-state index contributed by atoms with van der Waals surface area (Å²) in [6.45, 7) is 1.27. The second kappa shape index (κ2) is 4.82. The zero-order valence-electron chi connectivity index (χ0n) is 11.0. The summed E-state index contributed by atoms with van der Waals surface area (Å²) in [6.07, 6.45) is 2.80. The number of H-pyrrole nitrogens is 1. The lowest BCUT2D eigenvalue weighted by atomic mass is 10.2. The maximum Gasteiger partial charge on any atom is 0.308 e. The highest BCUT2D eigenvalue weighted by Gasteiger charge is 2.08. The Kier molecular flexibility index (Phi) is 2.98. The van der Waals surface area contributed by atoms with Crippen LogP contribution in [-0.4, -0.2) is 15.9 Å². The van der Waals surface area contributed by atoms with E-state index in [4.69, 9.17) is 4.74 Å². The van der Waals surface area contributed by atoms with E-state index in [0.717, 1.165) is 0 Å². The largest absolute Gasteiger partial charge is 0.427 e. The molecule has 0 saturated carbocycles. The molecule has 0 fully saturated rings. The molecule has 1 N–H and O–H groups in total. The quantitative estimate of drug-likeness (QED) is 0.537. The van der Waals surface area contributed by atoms with Crippen molar-refractivity contribution in [3.05, 3.63) is 57.2 Å². The first kappa shape index (κ1) is 13.0. The fourth-order valence-corrected chi connectivity index (χ4v) is 2.16. The molecular weight excluding hydrogens is 272 g/mol. The summed E-state index contributed by atoms with van der Waals surface area (Å²) in [7, 11) is 0. The molecule has 0 aliphatic carbocycles. The van der Waals surface area contributed by atoms with E-state index in [1.807, 2.05) is 0 Å². The van der Waals surface area contributed by atoms with Crippen molar-refractivity contribution in [2.24, 2.45) is 0 Å². The number of fused-ring (bicyclic) bond motifs is 2. The number of nitrogens with one attached hydrogen (secondary N) is 1. The Hall–Kier alpha value is -3.02. The number of hydrogen-bond acceptors (Lipinski definition) is 5. The van der Waals surface area contributed by atoms with Crippen molar-refractivity contribution < 1.29 is 9.53 Å². The molecule has 0 unspecified atom stereocenters. The number of aromatic amines is 1. The topological polar surface area (TPSA) is 89.1 Å². The minimum Gasteiger partial charge on any atom is -0.427 e. The molecule has 0 amide bonds. The summed E-state index contributed by atoms with van der Waals surface area (Å²) in [6, 6.07) is 5.97. The molecule has 2 aromatic heterocycles.